The molecule has 1 atom stereocenters. The Morgan fingerprint density at radius 2 is 2.18 bits per heavy atom. The summed E-state index contributed by atoms with van der Waals surface area (Å²) < 4.78 is 26.5. The van der Waals surface area contributed by atoms with Gasteiger partial charge in [-0.3, -0.25) is 0 Å². The van der Waals surface area contributed by atoms with Crippen LogP contribution in [0.2, 0.25) is 0 Å². The molecule has 1 aliphatic carbocycles. The lowest BCUT2D eigenvalue weighted by Crippen LogP contribution is -2.27. The van der Waals surface area contributed by atoms with E-state index in [4.69, 9.17) is 5.11 Å². The van der Waals surface area contributed by atoms with Crippen LogP contribution in [0.5, 0.6) is 0 Å². The van der Waals surface area contributed by atoms with E-state index in [2.05, 4.69) is 4.72 Å². The van der Waals surface area contributed by atoms with Crippen LogP contribution in [0.3, 0.4) is 0 Å². The zero-order chi connectivity index (χ0) is 12.8. The van der Waals surface area contributed by atoms with E-state index in [1.165, 1.54) is 11.4 Å². The molecular weight excluding hydrogens is 262 g/mol. The molecule has 1 fully saturated rings. The third-order valence-electron chi connectivity index (χ3n) is 2.90. The van der Waals surface area contributed by atoms with Gasteiger partial charge in [0.25, 0.3) is 0 Å². The molecule has 2 N–H and O–H groups in total. The molecule has 0 aromatic carbocycles. The molecule has 1 aromatic rings. The fourth-order valence-corrected chi connectivity index (χ4v) is 4.06. The van der Waals surface area contributed by atoms with Crippen LogP contribution < -0.4 is 4.72 Å². The summed E-state index contributed by atoms with van der Waals surface area (Å²) in [4.78, 5) is 10.7. The molecule has 2 rings (SSSR count). The first-order chi connectivity index (χ1) is 7.72. The van der Waals surface area contributed by atoms with E-state index in [9.17, 15) is 13.2 Å². The Balaban J connectivity index is 2.17. The minimum absolute atomic E-state index is 0.0000422. The smallest absolute Gasteiger partial charge is 0.336 e. The number of nitrogens with one attached hydrogen (secondary N) is 1. The Labute approximate surface area is 104 Å². The molecule has 94 valence electrons. The molecule has 1 saturated carbocycles. The Kier molecular flexibility index (Phi) is 2.80. The van der Waals surface area contributed by atoms with E-state index in [1.54, 1.807) is 0 Å². The zero-order valence-corrected chi connectivity index (χ0v) is 11.1. The predicted molar refractivity (Wildman–Crippen MR) is 63.8 cm³/mol. The van der Waals surface area contributed by atoms with Crippen LogP contribution in [-0.4, -0.2) is 25.5 Å². The molecule has 1 aliphatic rings. The molecule has 0 amide bonds. The Bertz CT molecular complexity index is 559. The van der Waals surface area contributed by atoms with E-state index in [-0.39, 0.29) is 21.2 Å². The summed E-state index contributed by atoms with van der Waals surface area (Å²) >= 11 is 0.923. The second-order valence-electron chi connectivity index (χ2n) is 4.83. The molecule has 7 heteroatoms. The van der Waals surface area contributed by atoms with Gasteiger partial charge in [-0.05, 0) is 17.9 Å². The summed E-state index contributed by atoms with van der Waals surface area (Å²) in [6.45, 7) is 3.97. The third kappa shape index (κ3) is 2.51. The largest absolute Gasteiger partial charge is 0.478 e. The lowest BCUT2D eigenvalue weighted by molar-refractivity contribution is 0.0697. The maximum atomic E-state index is 11.9. The topological polar surface area (TPSA) is 83.5 Å². The van der Waals surface area contributed by atoms with Crippen LogP contribution >= 0.6 is 11.3 Å². The van der Waals surface area contributed by atoms with Gasteiger partial charge in [-0.15, -0.1) is 11.3 Å². The van der Waals surface area contributed by atoms with E-state index in [0.29, 0.717) is 0 Å². The van der Waals surface area contributed by atoms with Crippen molar-refractivity contribution in [2.45, 2.75) is 30.5 Å². The molecule has 0 bridgehead atoms. The molecular formula is C10H13NO4S2. The number of hydrogen-bond donors (Lipinski definition) is 2. The van der Waals surface area contributed by atoms with Gasteiger partial charge in [0.1, 0.15) is 4.21 Å². The Hall–Kier alpha value is -0.920. The molecule has 5 nitrogen and oxygen atoms in total. The molecule has 0 spiro atoms. The number of aromatic carboxylic acids is 1. The number of thiophene rings is 1. The third-order valence-corrected chi connectivity index (χ3v) is 5.81. The van der Waals surface area contributed by atoms with Crippen LogP contribution in [0.4, 0.5) is 0 Å². The van der Waals surface area contributed by atoms with E-state index in [1.807, 2.05) is 13.8 Å². The molecule has 17 heavy (non-hydrogen) atoms. The standard InChI is InChI=1S/C10H13NO4S2/c1-10(2)4-7(10)11-17(14,15)8-3-6(5-16-8)9(12)13/h3,5,7,11H,4H2,1-2H3,(H,12,13). The van der Waals surface area contributed by atoms with Gasteiger partial charge in [-0.1, -0.05) is 13.8 Å². The van der Waals surface area contributed by atoms with Gasteiger partial charge in [0.2, 0.25) is 10.0 Å². The monoisotopic (exact) mass is 275 g/mol. The van der Waals surface area contributed by atoms with Crippen molar-refractivity contribution in [1.82, 2.24) is 4.72 Å². The highest BCUT2D eigenvalue weighted by molar-refractivity contribution is 7.91. The van der Waals surface area contributed by atoms with Gasteiger partial charge in [0.15, 0.2) is 0 Å². The highest BCUT2D eigenvalue weighted by atomic mass is 32.2. The summed E-state index contributed by atoms with van der Waals surface area (Å²) in [5, 5.41) is 10.1. The zero-order valence-electron chi connectivity index (χ0n) is 9.43. The quantitative estimate of drug-likeness (QED) is 0.872. The van der Waals surface area contributed by atoms with Crippen LogP contribution in [0.25, 0.3) is 0 Å². The van der Waals surface area contributed by atoms with Crippen molar-refractivity contribution in [3.05, 3.63) is 17.0 Å². The van der Waals surface area contributed by atoms with Gasteiger partial charge in [0.05, 0.1) is 5.56 Å². The van der Waals surface area contributed by atoms with Crippen LogP contribution in [0.15, 0.2) is 15.7 Å². The average Bonchev–Trinajstić information content (AvgIpc) is 2.68. The van der Waals surface area contributed by atoms with E-state index < -0.39 is 16.0 Å². The number of hydrogen-bond acceptors (Lipinski definition) is 4. The number of carboxylic acid groups (broad SMARTS) is 1. The van der Waals surface area contributed by atoms with Crippen molar-refractivity contribution in [2.24, 2.45) is 5.41 Å². The normalized spacial score (nSPS) is 22.4. The summed E-state index contributed by atoms with van der Waals surface area (Å²) in [6, 6.07) is 1.13. The molecule has 1 unspecified atom stereocenters. The first kappa shape index (κ1) is 12.5. The van der Waals surface area contributed by atoms with Crippen molar-refractivity contribution in [3.8, 4) is 0 Å². The Morgan fingerprint density at radius 3 is 2.59 bits per heavy atom. The average molecular weight is 275 g/mol. The second kappa shape index (κ2) is 3.79. The lowest BCUT2D eigenvalue weighted by atomic mass is 10.2. The molecule has 0 aliphatic heterocycles. The van der Waals surface area contributed by atoms with Crippen LogP contribution in [0, 0.1) is 5.41 Å². The summed E-state index contributed by atoms with van der Waals surface area (Å²) in [7, 11) is -3.58. The fourth-order valence-electron chi connectivity index (χ4n) is 1.48. The predicted octanol–water partition coefficient (Wildman–Crippen LogP) is 1.52. The van der Waals surface area contributed by atoms with Gasteiger partial charge >= 0.3 is 5.97 Å². The molecule has 0 radical (unpaired) electrons. The summed E-state index contributed by atoms with van der Waals surface area (Å²) in [5.41, 5.74) is 0.00499. The van der Waals surface area contributed by atoms with Gasteiger partial charge in [-0.2, -0.15) is 0 Å². The SMILES string of the molecule is CC1(C)CC1NS(=O)(=O)c1cc(C(=O)O)cs1. The van der Waals surface area contributed by atoms with Crippen molar-refractivity contribution in [1.29, 1.82) is 0 Å². The molecule has 1 heterocycles. The number of sulfonamides is 1. The van der Waals surface area contributed by atoms with Crippen molar-refractivity contribution < 1.29 is 18.3 Å². The van der Waals surface area contributed by atoms with Crippen molar-refractivity contribution in [2.75, 3.05) is 0 Å². The van der Waals surface area contributed by atoms with E-state index >= 15 is 0 Å². The van der Waals surface area contributed by atoms with Gasteiger partial charge < -0.3 is 5.11 Å². The summed E-state index contributed by atoms with van der Waals surface area (Å²) in [6.07, 6.45) is 0.809. The van der Waals surface area contributed by atoms with Crippen LogP contribution in [0.1, 0.15) is 30.6 Å². The highest BCUT2D eigenvalue weighted by Crippen LogP contribution is 2.45. The van der Waals surface area contributed by atoms with Gasteiger partial charge in [0, 0.05) is 11.4 Å². The van der Waals surface area contributed by atoms with Gasteiger partial charge in [-0.25, -0.2) is 17.9 Å². The number of carboxylic acids is 1. The molecule has 0 saturated heterocycles. The van der Waals surface area contributed by atoms with Crippen molar-refractivity contribution >= 4 is 27.3 Å². The fraction of sp³-hybridized carbons (Fsp3) is 0.500. The van der Waals surface area contributed by atoms with Crippen LogP contribution in [-0.2, 0) is 10.0 Å². The maximum absolute atomic E-state index is 11.9. The number of carbonyl (C=O) groups is 1. The Morgan fingerprint density at radius 1 is 1.59 bits per heavy atom. The highest BCUT2D eigenvalue weighted by Gasteiger charge is 2.48. The lowest BCUT2D eigenvalue weighted by Gasteiger charge is -2.05. The van der Waals surface area contributed by atoms with Crippen molar-refractivity contribution in [3.63, 3.8) is 0 Å². The minimum atomic E-state index is -3.58. The minimum Gasteiger partial charge on any atom is -0.478 e. The maximum Gasteiger partial charge on any atom is 0.336 e. The van der Waals surface area contributed by atoms with E-state index in [0.717, 1.165) is 17.8 Å². The summed E-state index contributed by atoms with van der Waals surface area (Å²) in [5.74, 6) is -1.12. The molecule has 1 aromatic heterocycles. The second-order valence-corrected chi connectivity index (χ2v) is 7.68. The first-order valence-corrected chi connectivity index (χ1v) is 7.43. The number of rotatable bonds is 4. The first-order valence-electron chi connectivity index (χ1n) is 5.06.